The van der Waals surface area contributed by atoms with Crippen molar-refractivity contribution in [2.75, 3.05) is 19.7 Å². The fourth-order valence-corrected chi connectivity index (χ4v) is 14.2. The number of rotatable bonds is 9. The van der Waals surface area contributed by atoms with Gasteiger partial charge in [-0.3, -0.25) is 19.2 Å². The maximum absolute atomic E-state index is 14.1. The molecule has 9 nitrogen and oxygen atoms in total. The Kier molecular flexibility index (Phi) is 10.1. The van der Waals surface area contributed by atoms with Gasteiger partial charge in [0.15, 0.2) is 0 Å². The second-order valence-electron chi connectivity index (χ2n) is 20.5. The van der Waals surface area contributed by atoms with Crippen molar-refractivity contribution < 1.29 is 34.1 Å². The molecule has 6 fully saturated rings. The average Bonchev–Trinajstić information content (AvgIpc) is 3.68. The third-order valence-corrected chi connectivity index (χ3v) is 17.2. The van der Waals surface area contributed by atoms with Crippen LogP contribution < -0.4 is 5.32 Å². The summed E-state index contributed by atoms with van der Waals surface area (Å²) in [6, 6.07) is -0.0961. The Morgan fingerprint density at radius 1 is 0.885 bits per heavy atom. The number of aliphatic hydroxyl groups is 1. The first-order valence-corrected chi connectivity index (χ1v) is 20.4. The van der Waals surface area contributed by atoms with E-state index < -0.39 is 24.0 Å². The highest BCUT2D eigenvalue weighted by atomic mass is 16.5. The number of carboxylic acid groups (broad SMARTS) is 1. The van der Waals surface area contributed by atoms with E-state index in [-0.39, 0.29) is 57.5 Å². The molecule has 6 aliphatic rings. The summed E-state index contributed by atoms with van der Waals surface area (Å²) >= 11 is 0. The lowest BCUT2D eigenvalue weighted by Gasteiger charge is -2.73. The fraction of sp³-hybridized carbons (Fsp3) is 0.860. The molecule has 5 saturated carbocycles. The van der Waals surface area contributed by atoms with Crippen LogP contribution >= 0.6 is 0 Å². The molecule has 0 unspecified atom stereocenters. The zero-order valence-corrected chi connectivity index (χ0v) is 33.4. The van der Waals surface area contributed by atoms with E-state index in [0.29, 0.717) is 49.1 Å². The number of carboxylic acids is 1. The maximum Gasteiger partial charge on any atom is 0.309 e. The van der Waals surface area contributed by atoms with Crippen molar-refractivity contribution in [2.24, 2.45) is 62.1 Å². The lowest BCUT2D eigenvalue weighted by molar-refractivity contribution is -0.250. The highest BCUT2D eigenvalue weighted by molar-refractivity contribution is 5.81. The van der Waals surface area contributed by atoms with Gasteiger partial charge in [0.25, 0.3) is 0 Å². The van der Waals surface area contributed by atoms with E-state index in [9.17, 15) is 29.4 Å². The van der Waals surface area contributed by atoms with Gasteiger partial charge >= 0.3 is 11.9 Å². The van der Waals surface area contributed by atoms with Crippen LogP contribution in [0.15, 0.2) is 12.2 Å². The minimum atomic E-state index is -1.16. The molecule has 0 aromatic carbocycles. The number of likely N-dealkylation sites (tertiary alicyclic amines) is 1. The number of ether oxygens (including phenoxy) is 1. The van der Waals surface area contributed by atoms with Crippen LogP contribution in [0, 0.1) is 62.1 Å². The minimum Gasteiger partial charge on any atom is -0.481 e. The molecule has 0 aromatic rings. The zero-order chi connectivity index (χ0) is 38.2. The molecule has 0 spiro atoms. The largest absolute Gasteiger partial charge is 0.481 e. The van der Waals surface area contributed by atoms with E-state index in [0.717, 1.165) is 57.8 Å². The van der Waals surface area contributed by atoms with E-state index in [1.165, 1.54) is 18.4 Å². The number of hydrogen-bond acceptors (Lipinski definition) is 6. The molecule has 0 radical (unpaired) electrons. The highest BCUT2D eigenvalue weighted by Crippen LogP contribution is 2.78. The predicted octanol–water partition coefficient (Wildman–Crippen LogP) is 7.16. The molecule has 2 amide bonds. The van der Waals surface area contributed by atoms with Crippen molar-refractivity contribution in [3.8, 4) is 0 Å². The lowest BCUT2D eigenvalue weighted by atomic mass is 9.32. The van der Waals surface area contributed by atoms with Crippen molar-refractivity contribution in [1.82, 2.24) is 10.2 Å². The molecule has 1 aliphatic heterocycles. The van der Waals surface area contributed by atoms with Crippen LogP contribution in [0.4, 0.5) is 0 Å². The number of esters is 1. The second-order valence-corrected chi connectivity index (χ2v) is 20.5. The Morgan fingerprint density at radius 3 is 2.25 bits per heavy atom. The SMILES string of the molecule is C=C(C)[C@@H]1CC[C@]2(CC(=O)N3CC[C@@H](NC(=O)CO)C3)CC[C@]3(C)[C@H](CC[C@@H]4[C@@]5(C)CC[C@H](OC(=O)CC(C)(C)C(=O)O)C(C)(C)[C@@H]5CC[C@]43C)[C@@H]12. The number of nitrogens with zero attached hydrogens (tertiary/aromatic N) is 1. The fourth-order valence-electron chi connectivity index (χ4n) is 14.2. The highest BCUT2D eigenvalue weighted by Gasteiger charge is 2.71. The van der Waals surface area contributed by atoms with Gasteiger partial charge in [-0.2, -0.15) is 0 Å². The van der Waals surface area contributed by atoms with Gasteiger partial charge in [0, 0.05) is 31.0 Å². The molecule has 9 heteroatoms. The molecular weight excluding hydrogens is 656 g/mol. The minimum absolute atomic E-state index is 0.0270. The maximum atomic E-state index is 14.1. The van der Waals surface area contributed by atoms with Crippen LogP contribution in [-0.4, -0.2) is 70.7 Å². The van der Waals surface area contributed by atoms with E-state index in [1.54, 1.807) is 13.8 Å². The van der Waals surface area contributed by atoms with Crippen molar-refractivity contribution >= 4 is 23.8 Å². The summed E-state index contributed by atoms with van der Waals surface area (Å²) < 4.78 is 6.17. The summed E-state index contributed by atoms with van der Waals surface area (Å²) in [7, 11) is 0. The van der Waals surface area contributed by atoms with Gasteiger partial charge in [0.1, 0.15) is 12.7 Å². The number of carbonyl (C=O) groups excluding carboxylic acids is 3. The topological polar surface area (TPSA) is 133 Å². The Bertz CT molecular complexity index is 1470. The zero-order valence-electron chi connectivity index (χ0n) is 33.4. The number of fused-ring (bicyclic) bond motifs is 7. The van der Waals surface area contributed by atoms with Gasteiger partial charge in [-0.25, -0.2) is 0 Å². The number of allylic oxidation sites excluding steroid dienone is 1. The summed E-state index contributed by atoms with van der Waals surface area (Å²) in [6.07, 6.45) is 11.7. The molecule has 6 rings (SSSR count). The first-order chi connectivity index (χ1) is 24.1. The molecular formula is C43H68N2O7. The van der Waals surface area contributed by atoms with Gasteiger partial charge in [-0.1, -0.05) is 46.8 Å². The lowest BCUT2D eigenvalue weighted by Crippen LogP contribution is -2.67. The van der Waals surface area contributed by atoms with Crippen molar-refractivity contribution in [1.29, 1.82) is 0 Å². The summed E-state index contributed by atoms with van der Waals surface area (Å²) in [5, 5.41) is 21.7. The molecule has 1 heterocycles. The standard InChI is InChI=1S/C43H68N2O7/c1-26(2)28-12-18-43(22-34(48)45-21-15-27(24-45)44-33(47)25-46)20-19-41(8)29(36(28)43)10-11-31-40(7)16-14-32(52-35(49)23-38(3,4)37(50)51)39(5,6)30(40)13-17-42(31,41)9/h27-32,36,46H,1,10-25H2,2-9H3,(H,44,47)(H,50,51)/t27-,28+,29-,30+,31-,32+,36-,40+,41-,42-,43-/m1/s1. The van der Waals surface area contributed by atoms with Crippen LogP contribution in [0.3, 0.4) is 0 Å². The van der Waals surface area contributed by atoms with Gasteiger partial charge < -0.3 is 25.2 Å². The third-order valence-electron chi connectivity index (χ3n) is 17.2. The molecule has 5 aliphatic carbocycles. The van der Waals surface area contributed by atoms with Crippen molar-refractivity contribution in [3.05, 3.63) is 12.2 Å². The molecule has 11 atom stereocenters. The van der Waals surface area contributed by atoms with E-state index in [2.05, 4.69) is 53.4 Å². The number of amides is 2. The van der Waals surface area contributed by atoms with Gasteiger partial charge in [-0.05, 0) is 143 Å². The number of aliphatic carboxylic acids is 1. The van der Waals surface area contributed by atoms with E-state index in [4.69, 9.17) is 4.74 Å². The normalized spacial score (nSPS) is 42.2. The van der Waals surface area contributed by atoms with E-state index >= 15 is 0 Å². The number of carbonyl (C=O) groups is 4. The van der Waals surface area contributed by atoms with Crippen molar-refractivity contribution in [2.45, 2.75) is 151 Å². The summed E-state index contributed by atoms with van der Waals surface area (Å²) in [4.78, 5) is 52.7. The number of aliphatic hydroxyl groups excluding tert-OH is 1. The molecule has 0 bridgehead atoms. The quantitative estimate of drug-likeness (QED) is 0.170. The predicted molar refractivity (Wildman–Crippen MR) is 200 cm³/mol. The summed E-state index contributed by atoms with van der Waals surface area (Å²) in [5.74, 6) is 0.784. The van der Waals surface area contributed by atoms with Crippen molar-refractivity contribution in [3.63, 3.8) is 0 Å². The average molecular weight is 725 g/mol. The van der Waals surface area contributed by atoms with Crippen LogP contribution in [0.5, 0.6) is 0 Å². The van der Waals surface area contributed by atoms with Gasteiger partial charge in [-0.15, -0.1) is 0 Å². The Morgan fingerprint density at radius 2 is 1.60 bits per heavy atom. The molecule has 1 saturated heterocycles. The van der Waals surface area contributed by atoms with Crippen LogP contribution in [-0.2, 0) is 23.9 Å². The first-order valence-electron chi connectivity index (χ1n) is 20.4. The Labute approximate surface area is 312 Å². The molecule has 292 valence electrons. The monoisotopic (exact) mass is 725 g/mol. The first kappa shape index (κ1) is 39.3. The number of hydrogen-bond donors (Lipinski definition) is 3. The van der Waals surface area contributed by atoms with Gasteiger partial charge in [0.05, 0.1) is 11.8 Å². The van der Waals surface area contributed by atoms with Crippen LogP contribution in [0.25, 0.3) is 0 Å². The number of nitrogens with one attached hydrogen (secondary N) is 1. The third kappa shape index (κ3) is 6.15. The van der Waals surface area contributed by atoms with Crippen LogP contribution in [0.1, 0.15) is 139 Å². The smallest absolute Gasteiger partial charge is 0.309 e. The van der Waals surface area contributed by atoms with E-state index in [1.807, 2.05) is 4.90 Å². The molecule has 0 aromatic heterocycles. The van der Waals surface area contributed by atoms with Gasteiger partial charge in [0.2, 0.25) is 11.8 Å². The molecule has 3 N–H and O–H groups in total. The van der Waals surface area contributed by atoms with Crippen LogP contribution in [0.2, 0.25) is 0 Å². The summed E-state index contributed by atoms with van der Waals surface area (Å²) in [6.45, 7) is 22.9. The summed E-state index contributed by atoms with van der Waals surface area (Å²) in [5.41, 5.74) is 0.264. The Hall–Kier alpha value is -2.42. The molecule has 52 heavy (non-hydrogen) atoms. The second kappa shape index (κ2) is 13.4. The Balaban J connectivity index is 1.22.